The molecule has 0 spiro atoms. The molecule has 1 saturated heterocycles. The van der Waals surface area contributed by atoms with Crippen LogP contribution in [0.25, 0.3) is 11.1 Å². The minimum absolute atomic E-state index is 0.825. The Balaban J connectivity index is 1.57. The maximum atomic E-state index is 5.97. The average Bonchev–Trinajstić information content (AvgIpc) is 3.04. The van der Waals surface area contributed by atoms with Crippen molar-refractivity contribution in [1.29, 1.82) is 0 Å². The van der Waals surface area contributed by atoms with Gasteiger partial charge in [0.1, 0.15) is 5.52 Å². The van der Waals surface area contributed by atoms with Crippen LogP contribution in [0.2, 0.25) is 0 Å². The van der Waals surface area contributed by atoms with Gasteiger partial charge in [0.15, 0.2) is 11.5 Å². The van der Waals surface area contributed by atoms with Gasteiger partial charge in [-0.15, -0.1) is 0 Å². The molecule has 2 heterocycles. The first-order chi connectivity index (χ1) is 11.4. The smallest absolute Gasteiger partial charge is 0.195 e. The average molecular weight is 307 g/mol. The summed E-state index contributed by atoms with van der Waals surface area (Å²) in [7, 11) is 0. The third-order valence-electron chi connectivity index (χ3n) is 4.37. The van der Waals surface area contributed by atoms with Crippen molar-refractivity contribution in [3.05, 3.63) is 60.0 Å². The van der Waals surface area contributed by atoms with Crippen LogP contribution in [0, 0.1) is 0 Å². The Kier molecular flexibility index (Phi) is 3.99. The summed E-state index contributed by atoms with van der Waals surface area (Å²) >= 11 is 0. The Bertz CT molecular complexity index is 776. The second kappa shape index (κ2) is 6.42. The van der Waals surface area contributed by atoms with Gasteiger partial charge in [0.2, 0.25) is 0 Å². The van der Waals surface area contributed by atoms with Crippen molar-refractivity contribution >= 4 is 16.8 Å². The summed E-state index contributed by atoms with van der Waals surface area (Å²) < 4.78 is 5.97. The molecule has 1 fully saturated rings. The van der Waals surface area contributed by atoms with Gasteiger partial charge in [0.25, 0.3) is 0 Å². The number of nitrogens with one attached hydrogen (secondary N) is 1. The monoisotopic (exact) mass is 307 g/mol. The Morgan fingerprint density at radius 2 is 1.78 bits per heavy atom. The Morgan fingerprint density at radius 1 is 0.957 bits per heavy atom. The van der Waals surface area contributed by atoms with Crippen molar-refractivity contribution in [2.45, 2.75) is 12.8 Å². The number of oxazole rings is 1. The standard InChI is InChI=1S/C19H21N3O/c1-2-5-15(6-3-1)9-10-18-21-19-16(7-4-8-17(19)23-18)22-13-11-20-12-14-22/h1-8,20H,9-14H2. The topological polar surface area (TPSA) is 41.3 Å². The third kappa shape index (κ3) is 3.08. The number of para-hydroxylation sites is 1. The normalized spacial score (nSPS) is 15.2. The van der Waals surface area contributed by atoms with Crippen molar-refractivity contribution < 1.29 is 4.42 Å². The zero-order valence-corrected chi connectivity index (χ0v) is 13.2. The van der Waals surface area contributed by atoms with Crippen molar-refractivity contribution in [1.82, 2.24) is 10.3 Å². The van der Waals surface area contributed by atoms with Crippen LogP contribution in [0.3, 0.4) is 0 Å². The molecule has 1 aliphatic rings. The first kappa shape index (κ1) is 14.3. The van der Waals surface area contributed by atoms with E-state index >= 15 is 0 Å². The first-order valence-corrected chi connectivity index (χ1v) is 8.28. The summed E-state index contributed by atoms with van der Waals surface area (Å²) in [4.78, 5) is 7.17. The summed E-state index contributed by atoms with van der Waals surface area (Å²) in [6.45, 7) is 4.08. The molecule has 1 aliphatic heterocycles. The highest BCUT2D eigenvalue weighted by atomic mass is 16.3. The fourth-order valence-corrected chi connectivity index (χ4v) is 3.14. The molecule has 0 saturated carbocycles. The number of rotatable bonds is 4. The number of anilines is 1. The lowest BCUT2D eigenvalue weighted by Crippen LogP contribution is -2.43. The molecule has 118 valence electrons. The predicted octanol–water partition coefficient (Wildman–Crippen LogP) is 3.02. The van der Waals surface area contributed by atoms with Gasteiger partial charge in [-0.3, -0.25) is 0 Å². The fourth-order valence-electron chi connectivity index (χ4n) is 3.14. The van der Waals surface area contributed by atoms with E-state index in [4.69, 9.17) is 9.40 Å². The first-order valence-electron chi connectivity index (χ1n) is 8.28. The van der Waals surface area contributed by atoms with Crippen molar-refractivity contribution in [3.8, 4) is 0 Å². The number of benzene rings is 2. The van der Waals surface area contributed by atoms with Gasteiger partial charge in [0.05, 0.1) is 5.69 Å². The van der Waals surface area contributed by atoms with E-state index in [1.54, 1.807) is 0 Å². The second-order valence-electron chi connectivity index (χ2n) is 5.95. The van der Waals surface area contributed by atoms with Gasteiger partial charge in [0, 0.05) is 32.6 Å². The summed E-state index contributed by atoms with van der Waals surface area (Å²) in [6, 6.07) is 16.7. The molecule has 0 unspecified atom stereocenters. The van der Waals surface area contributed by atoms with Gasteiger partial charge >= 0.3 is 0 Å². The number of aromatic nitrogens is 1. The molecule has 4 rings (SSSR count). The highest BCUT2D eigenvalue weighted by Crippen LogP contribution is 2.27. The van der Waals surface area contributed by atoms with Crippen LogP contribution in [0.5, 0.6) is 0 Å². The largest absolute Gasteiger partial charge is 0.441 e. The lowest BCUT2D eigenvalue weighted by Gasteiger charge is -2.29. The molecule has 4 nitrogen and oxygen atoms in total. The number of nitrogens with zero attached hydrogens (tertiary/aromatic N) is 2. The molecule has 0 atom stereocenters. The molecule has 0 radical (unpaired) electrons. The summed E-state index contributed by atoms with van der Waals surface area (Å²) in [5.41, 5.74) is 4.40. The molecular weight excluding hydrogens is 286 g/mol. The molecule has 0 amide bonds. The van der Waals surface area contributed by atoms with E-state index in [-0.39, 0.29) is 0 Å². The number of piperazine rings is 1. The quantitative estimate of drug-likeness (QED) is 0.804. The number of aryl methyl sites for hydroxylation is 2. The van der Waals surface area contributed by atoms with Gasteiger partial charge < -0.3 is 14.6 Å². The number of hydrogen-bond donors (Lipinski definition) is 1. The van der Waals surface area contributed by atoms with Crippen LogP contribution in [-0.2, 0) is 12.8 Å². The molecular formula is C19H21N3O. The van der Waals surface area contributed by atoms with Gasteiger partial charge in [-0.1, -0.05) is 36.4 Å². The van der Waals surface area contributed by atoms with E-state index in [0.29, 0.717) is 0 Å². The van der Waals surface area contributed by atoms with Gasteiger partial charge in [-0.2, -0.15) is 0 Å². The van der Waals surface area contributed by atoms with Crippen LogP contribution >= 0.6 is 0 Å². The van der Waals surface area contributed by atoms with E-state index in [0.717, 1.165) is 56.0 Å². The lowest BCUT2D eigenvalue weighted by molar-refractivity contribution is 0.528. The third-order valence-corrected chi connectivity index (χ3v) is 4.37. The van der Waals surface area contributed by atoms with Crippen molar-refractivity contribution in [3.63, 3.8) is 0 Å². The highest BCUT2D eigenvalue weighted by Gasteiger charge is 2.16. The van der Waals surface area contributed by atoms with Crippen molar-refractivity contribution in [2.75, 3.05) is 31.1 Å². The van der Waals surface area contributed by atoms with Crippen LogP contribution in [0.1, 0.15) is 11.5 Å². The molecule has 23 heavy (non-hydrogen) atoms. The van der Waals surface area contributed by atoms with E-state index in [9.17, 15) is 0 Å². The van der Waals surface area contributed by atoms with E-state index in [1.165, 1.54) is 11.3 Å². The second-order valence-corrected chi connectivity index (χ2v) is 5.95. The Morgan fingerprint density at radius 3 is 2.61 bits per heavy atom. The SMILES string of the molecule is c1ccc(CCc2nc3c(N4CCNCC4)cccc3o2)cc1. The zero-order valence-electron chi connectivity index (χ0n) is 13.2. The minimum atomic E-state index is 0.825. The van der Waals surface area contributed by atoms with Gasteiger partial charge in [-0.05, 0) is 24.1 Å². The van der Waals surface area contributed by atoms with E-state index in [1.807, 2.05) is 12.1 Å². The zero-order chi connectivity index (χ0) is 15.5. The molecule has 4 heteroatoms. The van der Waals surface area contributed by atoms with Crippen LogP contribution in [0.15, 0.2) is 52.9 Å². The van der Waals surface area contributed by atoms with Crippen LogP contribution in [-0.4, -0.2) is 31.2 Å². The molecule has 3 aromatic rings. The molecule has 0 bridgehead atoms. The fraction of sp³-hybridized carbons (Fsp3) is 0.316. The summed E-state index contributed by atoms with van der Waals surface area (Å²) in [5, 5.41) is 3.39. The Hall–Kier alpha value is -2.33. The van der Waals surface area contributed by atoms with Crippen LogP contribution < -0.4 is 10.2 Å². The summed E-state index contributed by atoms with van der Waals surface area (Å²) in [6.07, 6.45) is 1.79. The molecule has 1 N–H and O–H groups in total. The maximum absolute atomic E-state index is 5.97. The highest BCUT2D eigenvalue weighted by molar-refractivity contribution is 5.87. The van der Waals surface area contributed by atoms with Crippen LogP contribution in [0.4, 0.5) is 5.69 Å². The summed E-state index contributed by atoms with van der Waals surface area (Å²) in [5.74, 6) is 0.825. The van der Waals surface area contributed by atoms with Gasteiger partial charge in [-0.25, -0.2) is 4.98 Å². The molecule has 2 aromatic carbocycles. The Labute approximate surface area is 136 Å². The van der Waals surface area contributed by atoms with Crippen molar-refractivity contribution in [2.24, 2.45) is 0 Å². The number of fused-ring (bicyclic) bond motifs is 1. The maximum Gasteiger partial charge on any atom is 0.195 e. The lowest BCUT2D eigenvalue weighted by atomic mass is 10.1. The predicted molar refractivity (Wildman–Crippen MR) is 92.9 cm³/mol. The number of hydrogen-bond acceptors (Lipinski definition) is 4. The van der Waals surface area contributed by atoms with E-state index in [2.05, 4.69) is 46.6 Å². The molecule has 0 aliphatic carbocycles. The van der Waals surface area contributed by atoms with E-state index < -0.39 is 0 Å². The minimum Gasteiger partial charge on any atom is -0.441 e. The molecule has 1 aromatic heterocycles.